The molecule has 1 heterocycles. The maximum absolute atomic E-state index is 11.5. The second-order valence-electron chi connectivity index (χ2n) is 3.93. The van der Waals surface area contributed by atoms with Crippen LogP contribution in [0.4, 0.5) is 5.82 Å². The highest BCUT2D eigenvalue weighted by Gasteiger charge is 2.13. The number of hydrogen-bond acceptors (Lipinski definition) is 6. The highest BCUT2D eigenvalue weighted by molar-refractivity contribution is 7.90. The molecule has 1 rings (SSSR count). The molecule has 0 saturated carbocycles. The van der Waals surface area contributed by atoms with Crippen LogP contribution in [0, 0.1) is 0 Å². The Labute approximate surface area is 110 Å². The van der Waals surface area contributed by atoms with Crippen molar-refractivity contribution < 1.29 is 18.0 Å². The molecule has 1 aromatic heterocycles. The number of anilines is 1. The summed E-state index contributed by atoms with van der Waals surface area (Å²) in [6.45, 7) is -0.198. The number of pyridine rings is 1. The Balaban J connectivity index is 3.16. The Morgan fingerprint density at radius 1 is 1.26 bits per heavy atom. The maximum atomic E-state index is 11.5. The van der Waals surface area contributed by atoms with Crippen molar-refractivity contribution in [1.29, 1.82) is 0 Å². The molecule has 0 spiro atoms. The molecule has 1 aromatic rings. The van der Waals surface area contributed by atoms with E-state index in [9.17, 15) is 18.0 Å². The number of hydrogen-bond donors (Lipinski definition) is 3. The minimum atomic E-state index is -3.54. The standard InChI is InChI=1S/C10H14N4O4S/c1-19(17,18)10-4-6(2-7(11)15)3-9(14-10)13-5-8(12)16/h3-4H,2,5H2,1H3,(H2,11,15)(H2,12,16)(H,13,14). The number of rotatable bonds is 6. The normalized spacial score (nSPS) is 11.0. The maximum Gasteiger partial charge on any atom is 0.236 e. The average molecular weight is 286 g/mol. The van der Waals surface area contributed by atoms with Crippen molar-refractivity contribution in [3.8, 4) is 0 Å². The van der Waals surface area contributed by atoms with Gasteiger partial charge >= 0.3 is 0 Å². The summed E-state index contributed by atoms with van der Waals surface area (Å²) >= 11 is 0. The van der Waals surface area contributed by atoms with E-state index in [2.05, 4.69) is 10.3 Å². The van der Waals surface area contributed by atoms with Crippen LogP contribution in [-0.4, -0.2) is 38.0 Å². The van der Waals surface area contributed by atoms with E-state index in [0.29, 0.717) is 5.56 Å². The van der Waals surface area contributed by atoms with Crippen molar-refractivity contribution >= 4 is 27.5 Å². The van der Waals surface area contributed by atoms with E-state index in [4.69, 9.17) is 11.5 Å². The van der Waals surface area contributed by atoms with Gasteiger partial charge in [-0.3, -0.25) is 9.59 Å². The Bertz CT molecular complexity index is 612. The van der Waals surface area contributed by atoms with Gasteiger partial charge < -0.3 is 16.8 Å². The van der Waals surface area contributed by atoms with Crippen molar-refractivity contribution in [2.75, 3.05) is 18.1 Å². The van der Waals surface area contributed by atoms with E-state index in [1.807, 2.05) is 0 Å². The number of carbonyl (C=O) groups is 2. The molecule has 0 atom stereocenters. The smallest absolute Gasteiger partial charge is 0.236 e. The van der Waals surface area contributed by atoms with Gasteiger partial charge in [-0.25, -0.2) is 13.4 Å². The second kappa shape index (κ2) is 5.65. The van der Waals surface area contributed by atoms with Crippen LogP contribution in [0.2, 0.25) is 0 Å². The molecule has 0 aliphatic carbocycles. The van der Waals surface area contributed by atoms with E-state index >= 15 is 0 Å². The molecule has 0 saturated heterocycles. The molecule has 0 aliphatic heterocycles. The van der Waals surface area contributed by atoms with E-state index in [0.717, 1.165) is 6.26 Å². The van der Waals surface area contributed by atoms with Crippen LogP contribution in [0.5, 0.6) is 0 Å². The average Bonchev–Trinajstić information content (AvgIpc) is 2.24. The summed E-state index contributed by atoms with van der Waals surface area (Å²) in [5.41, 5.74) is 10.4. The molecule has 19 heavy (non-hydrogen) atoms. The summed E-state index contributed by atoms with van der Waals surface area (Å²) in [7, 11) is -3.54. The number of carbonyl (C=O) groups excluding carboxylic acids is 2. The first-order chi connectivity index (χ1) is 8.68. The molecule has 2 amide bonds. The lowest BCUT2D eigenvalue weighted by Crippen LogP contribution is -2.23. The lowest BCUT2D eigenvalue weighted by atomic mass is 10.2. The molecular formula is C10H14N4O4S. The lowest BCUT2D eigenvalue weighted by molar-refractivity contribution is -0.117. The first-order valence-corrected chi connectivity index (χ1v) is 7.09. The molecule has 9 heteroatoms. The van der Waals surface area contributed by atoms with Crippen LogP contribution >= 0.6 is 0 Å². The Kier molecular flexibility index (Phi) is 4.43. The summed E-state index contributed by atoms with van der Waals surface area (Å²) in [6.07, 6.45) is 0.859. The zero-order valence-corrected chi connectivity index (χ0v) is 11.0. The van der Waals surface area contributed by atoms with Gasteiger partial charge in [-0.2, -0.15) is 0 Å². The first-order valence-electron chi connectivity index (χ1n) is 5.20. The molecule has 8 nitrogen and oxygen atoms in total. The van der Waals surface area contributed by atoms with Gasteiger partial charge in [-0.05, 0) is 17.7 Å². The molecule has 104 valence electrons. The summed E-state index contributed by atoms with van der Waals surface area (Å²) in [5, 5.41) is 2.36. The highest BCUT2D eigenvalue weighted by Crippen LogP contribution is 2.15. The summed E-state index contributed by atoms with van der Waals surface area (Å²) in [4.78, 5) is 25.3. The van der Waals surface area contributed by atoms with Gasteiger partial charge in [-0.15, -0.1) is 0 Å². The fourth-order valence-corrected chi connectivity index (χ4v) is 1.95. The van der Waals surface area contributed by atoms with Crippen molar-refractivity contribution in [3.05, 3.63) is 17.7 Å². The van der Waals surface area contributed by atoms with Crippen LogP contribution in [0.25, 0.3) is 0 Å². The van der Waals surface area contributed by atoms with Crippen LogP contribution in [0.1, 0.15) is 5.56 Å². The summed E-state index contributed by atoms with van der Waals surface area (Å²) in [6, 6.07) is 2.69. The van der Waals surface area contributed by atoms with Crippen LogP contribution in [0.3, 0.4) is 0 Å². The summed E-state index contributed by atoms with van der Waals surface area (Å²) in [5.74, 6) is -1.09. The van der Waals surface area contributed by atoms with Crippen LogP contribution in [0.15, 0.2) is 17.2 Å². The topological polar surface area (TPSA) is 145 Å². The fraction of sp³-hybridized carbons (Fsp3) is 0.300. The Morgan fingerprint density at radius 3 is 2.37 bits per heavy atom. The minimum absolute atomic E-state index is 0.129. The molecule has 5 N–H and O–H groups in total. The fourth-order valence-electron chi connectivity index (χ4n) is 1.32. The zero-order valence-electron chi connectivity index (χ0n) is 10.2. The monoisotopic (exact) mass is 286 g/mol. The largest absolute Gasteiger partial charge is 0.369 e. The van der Waals surface area contributed by atoms with Gasteiger partial charge in [0.15, 0.2) is 14.9 Å². The Morgan fingerprint density at radius 2 is 1.89 bits per heavy atom. The number of amides is 2. The van der Waals surface area contributed by atoms with Crippen molar-refractivity contribution in [3.63, 3.8) is 0 Å². The predicted molar refractivity (Wildman–Crippen MR) is 67.9 cm³/mol. The van der Waals surface area contributed by atoms with Gasteiger partial charge in [-0.1, -0.05) is 0 Å². The lowest BCUT2D eigenvalue weighted by Gasteiger charge is -2.08. The number of nitrogens with zero attached hydrogens (tertiary/aromatic N) is 1. The quantitative estimate of drug-likeness (QED) is 0.574. The first kappa shape index (κ1) is 14.9. The number of primary amides is 2. The van der Waals surface area contributed by atoms with Crippen molar-refractivity contribution in [1.82, 2.24) is 4.98 Å². The molecule has 0 radical (unpaired) electrons. The van der Waals surface area contributed by atoms with E-state index in [-0.39, 0.29) is 23.8 Å². The van der Waals surface area contributed by atoms with Gasteiger partial charge in [0.2, 0.25) is 11.8 Å². The van der Waals surface area contributed by atoms with Crippen LogP contribution in [-0.2, 0) is 25.8 Å². The number of nitrogens with two attached hydrogens (primary N) is 2. The molecule has 0 unspecified atom stereocenters. The van der Waals surface area contributed by atoms with Gasteiger partial charge in [0.1, 0.15) is 5.82 Å². The predicted octanol–water partition coefficient (Wildman–Crippen LogP) is -1.59. The molecule has 0 aliphatic rings. The van der Waals surface area contributed by atoms with Crippen LogP contribution < -0.4 is 16.8 Å². The third kappa shape index (κ3) is 4.92. The molecule has 0 fully saturated rings. The SMILES string of the molecule is CS(=O)(=O)c1cc(CC(N)=O)cc(NCC(N)=O)n1. The molecule has 0 bridgehead atoms. The second-order valence-corrected chi connectivity index (χ2v) is 5.90. The van der Waals surface area contributed by atoms with E-state index in [1.54, 1.807) is 0 Å². The number of nitrogens with one attached hydrogen (secondary N) is 1. The Hall–Kier alpha value is -2.16. The zero-order chi connectivity index (χ0) is 14.6. The van der Waals surface area contributed by atoms with Crippen molar-refractivity contribution in [2.24, 2.45) is 11.5 Å². The number of aromatic nitrogens is 1. The highest BCUT2D eigenvalue weighted by atomic mass is 32.2. The summed E-state index contributed by atoms with van der Waals surface area (Å²) < 4.78 is 22.9. The minimum Gasteiger partial charge on any atom is -0.369 e. The van der Waals surface area contributed by atoms with E-state index in [1.165, 1.54) is 12.1 Å². The number of sulfone groups is 1. The molecule has 0 aromatic carbocycles. The third-order valence-electron chi connectivity index (χ3n) is 2.06. The molecular weight excluding hydrogens is 272 g/mol. The van der Waals surface area contributed by atoms with E-state index < -0.39 is 21.7 Å². The van der Waals surface area contributed by atoms with Gasteiger partial charge in [0.25, 0.3) is 0 Å². The van der Waals surface area contributed by atoms with Gasteiger partial charge in [0, 0.05) is 6.26 Å². The van der Waals surface area contributed by atoms with Gasteiger partial charge in [0.05, 0.1) is 13.0 Å². The third-order valence-corrected chi connectivity index (χ3v) is 3.03. The van der Waals surface area contributed by atoms with Crippen molar-refractivity contribution in [2.45, 2.75) is 11.4 Å².